The molecule has 1 atom stereocenters. The Balaban J connectivity index is 2.12. The average Bonchev–Trinajstić information content (AvgIpc) is 2.86. The highest BCUT2D eigenvalue weighted by Gasteiger charge is 2.20. The Labute approximate surface area is 81.8 Å². The number of rotatable bonds is 2. The minimum atomic E-state index is -0.398. The SMILES string of the molecule is COC(=O)c1cc(C2CCCN2)[nH]n1. The van der Waals surface area contributed by atoms with Crippen LogP contribution in [0.5, 0.6) is 0 Å². The van der Waals surface area contributed by atoms with Crippen LogP contribution >= 0.6 is 0 Å². The topological polar surface area (TPSA) is 67.0 Å². The molecule has 5 heteroatoms. The molecule has 5 nitrogen and oxygen atoms in total. The van der Waals surface area contributed by atoms with Crippen molar-refractivity contribution < 1.29 is 9.53 Å². The molecule has 0 saturated carbocycles. The van der Waals surface area contributed by atoms with E-state index in [2.05, 4.69) is 20.3 Å². The highest BCUT2D eigenvalue weighted by atomic mass is 16.5. The molecule has 0 aliphatic carbocycles. The first-order valence-electron chi connectivity index (χ1n) is 4.68. The van der Waals surface area contributed by atoms with Gasteiger partial charge in [0.25, 0.3) is 0 Å². The number of ether oxygens (including phenoxy) is 1. The van der Waals surface area contributed by atoms with Crippen LogP contribution in [0.25, 0.3) is 0 Å². The maximum absolute atomic E-state index is 11.1. The highest BCUT2D eigenvalue weighted by molar-refractivity contribution is 5.87. The molecule has 14 heavy (non-hydrogen) atoms. The molecular formula is C9H13N3O2. The van der Waals surface area contributed by atoms with Crippen LogP contribution in [0.1, 0.15) is 35.1 Å². The number of carbonyl (C=O) groups excluding carboxylic acids is 1. The molecule has 1 saturated heterocycles. The summed E-state index contributed by atoms with van der Waals surface area (Å²) in [6, 6.07) is 2.05. The molecule has 0 radical (unpaired) electrons. The summed E-state index contributed by atoms with van der Waals surface area (Å²) in [5.74, 6) is -0.398. The molecule has 1 unspecified atom stereocenters. The molecule has 76 valence electrons. The van der Waals surface area contributed by atoms with Crippen molar-refractivity contribution in [1.82, 2.24) is 15.5 Å². The first-order chi connectivity index (χ1) is 6.81. The van der Waals surface area contributed by atoms with Gasteiger partial charge in [-0.3, -0.25) is 5.10 Å². The number of nitrogens with one attached hydrogen (secondary N) is 2. The van der Waals surface area contributed by atoms with Crippen molar-refractivity contribution in [2.45, 2.75) is 18.9 Å². The van der Waals surface area contributed by atoms with E-state index in [1.54, 1.807) is 6.07 Å². The molecule has 2 N–H and O–H groups in total. The summed E-state index contributed by atoms with van der Waals surface area (Å²) < 4.78 is 4.57. The summed E-state index contributed by atoms with van der Waals surface area (Å²) in [4.78, 5) is 11.1. The van der Waals surface area contributed by atoms with Gasteiger partial charge in [-0.05, 0) is 25.5 Å². The monoisotopic (exact) mass is 195 g/mol. The summed E-state index contributed by atoms with van der Waals surface area (Å²) in [6.45, 7) is 1.03. The molecule has 1 aliphatic heterocycles. The summed E-state index contributed by atoms with van der Waals surface area (Å²) in [6.07, 6.45) is 2.25. The fraction of sp³-hybridized carbons (Fsp3) is 0.556. The van der Waals surface area contributed by atoms with Gasteiger partial charge < -0.3 is 10.1 Å². The van der Waals surface area contributed by atoms with Gasteiger partial charge in [-0.1, -0.05) is 0 Å². The molecular weight excluding hydrogens is 182 g/mol. The lowest BCUT2D eigenvalue weighted by molar-refractivity contribution is 0.0594. The third-order valence-electron chi connectivity index (χ3n) is 2.43. The van der Waals surface area contributed by atoms with Crippen LogP contribution < -0.4 is 5.32 Å². The number of hydrogen-bond donors (Lipinski definition) is 2. The molecule has 1 fully saturated rings. The van der Waals surface area contributed by atoms with Crippen LogP contribution in [0.3, 0.4) is 0 Å². The minimum Gasteiger partial charge on any atom is -0.464 e. The second kappa shape index (κ2) is 3.79. The molecule has 1 aliphatic rings. The van der Waals surface area contributed by atoms with Gasteiger partial charge in [0.1, 0.15) is 0 Å². The van der Waals surface area contributed by atoms with E-state index in [1.807, 2.05) is 0 Å². The third kappa shape index (κ3) is 1.63. The van der Waals surface area contributed by atoms with Crippen molar-refractivity contribution in [3.8, 4) is 0 Å². The van der Waals surface area contributed by atoms with Gasteiger partial charge in [-0.15, -0.1) is 0 Å². The number of aromatic amines is 1. The van der Waals surface area contributed by atoms with Gasteiger partial charge in [-0.2, -0.15) is 5.10 Å². The molecule has 0 bridgehead atoms. The van der Waals surface area contributed by atoms with E-state index in [4.69, 9.17) is 0 Å². The van der Waals surface area contributed by atoms with E-state index in [0.717, 1.165) is 25.1 Å². The Morgan fingerprint density at radius 2 is 2.57 bits per heavy atom. The zero-order valence-corrected chi connectivity index (χ0v) is 8.04. The van der Waals surface area contributed by atoms with Crippen LogP contribution in [0.2, 0.25) is 0 Å². The molecule has 0 spiro atoms. The predicted octanol–water partition coefficient (Wildman–Crippen LogP) is 0.621. The number of hydrogen-bond acceptors (Lipinski definition) is 4. The predicted molar refractivity (Wildman–Crippen MR) is 49.9 cm³/mol. The van der Waals surface area contributed by atoms with Crippen molar-refractivity contribution in [3.05, 3.63) is 17.5 Å². The van der Waals surface area contributed by atoms with Crippen molar-refractivity contribution in [2.24, 2.45) is 0 Å². The molecule has 1 aromatic heterocycles. The number of nitrogens with zero attached hydrogens (tertiary/aromatic N) is 1. The van der Waals surface area contributed by atoms with Gasteiger partial charge in [0.15, 0.2) is 5.69 Å². The van der Waals surface area contributed by atoms with E-state index in [-0.39, 0.29) is 0 Å². The van der Waals surface area contributed by atoms with Crippen molar-refractivity contribution in [1.29, 1.82) is 0 Å². The fourth-order valence-corrected chi connectivity index (χ4v) is 1.67. The van der Waals surface area contributed by atoms with Crippen molar-refractivity contribution >= 4 is 5.97 Å². The molecule has 2 heterocycles. The van der Waals surface area contributed by atoms with Crippen molar-refractivity contribution in [3.63, 3.8) is 0 Å². The normalized spacial score (nSPS) is 21.1. The quantitative estimate of drug-likeness (QED) is 0.679. The van der Waals surface area contributed by atoms with Gasteiger partial charge in [0.05, 0.1) is 12.8 Å². The maximum Gasteiger partial charge on any atom is 0.358 e. The molecule has 0 amide bonds. The minimum absolute atomic E-state index is 0.306. The van der Waals surface area contributed by atoms with Gasteiger partial charge >= 0.3 is 5.97 Å². The first kappa shape index (κ1) is 9.21. The van der Waals surface area contributed by atoms with Crippen LogP contribution in [0.4, 0.5) is 0 Å². The van der Waals surface area contributed by atoms with E-state index in [1.165, 1.54) is 7.11 Å². The Morgan fingerprint density at radius 1 is 1.71 bits per heavy atom. The summed E-state index contributed by atoms with van der Waals surface area (Å²) in [7, 11) is 1.35. The Hall–Kier alpha value is -1.36. The largest absolute Gasteiger partial charge is 0.464 e. The lowest BCUT2D eigenvalue weighted by Crippen LogP contribution is -2.13. The smallest absolute Gasteiger partial charge is 0.358 e. The Kier molecular flexibility index (Phi) is 2.49. The lowest BCUT2D eigenvalue weighted by atomic mass is 10.1. The van der Waals surface area contributed by atoms with Crippen LogP contribution in [-0.4, -0.2) is 29.8 Å². The summed E-state index contributed by atoms with van der Waals surface area (Å²) >= 11 is 0. The highest BCUT2D eigenvalue weighted by Crippen LogP contribution is 2.21. The lowest BCUT2D eigenvalue weighted by Gasteiger charge is -2.04. The fourth-order valence-electron chi connectivity index (χ4n) is 1.67. The third-order valence-corrected chi connectivity index (χ3v) is 2.43. The zero-order valence-electron chi connectivity index (χ0n) is 8.04. The molecule has 2 rings (SSSR count). The van der Waals surface area contributed by atoms with Gasteiger partial charge in [-0.25, -0.2) is 4.79 Å². The number of aromatic nitrogens is 2. The standard InChI is InChI=1S/C9H13N3O2/c1-14-9(13)8-5-7(11-12-8)6-3-2-4-10-6/h5-6,10H,2-4H2,1H3,(H,11,12). The maximum atomic E-state index is 11.1. The molecule has 1 aromatic rings. The first-order valence-corrected chi connectivity index (χ1v) is 4.68. The Bertz CT molecular complexity index is 329. The number of H-pyrrole nitrogens is 1. The number of esters is 1. The zero-order chi connectivity index (χ0) is 9.97. The van der Waals surface area contributed by atoms with Crippen LogP contribution in [0, 0.1) is 0 Å². The van der Waals surface area contributed by atoms with Crippen LogP contribution in [-0.2, 0) is 4.74 Å². The van der Waals surface area contributed by atoms with Gasteiger partial charge in [0, 0.05) is 6.04 Å². The van der Waals surface area contributed by atoms with E-state index >= 15 is 0 Å². The van der Waals surface area contributed by atoms with Crippen molar-refractivity contribution in [2.75, 3.05) is 13.7 Å². The second-order valence-corrected chi connectivity index (χ2v) is 3.35. The summed E-state index contributed by atoms with van der Waals surface area (Å²) in [5.41, 5.74) is 1.30. The second-order valence-electron chi connectivity index (χ2n) is 3.35. The molecule has 0 aromatic carbocycles. The Morgan fingerprint density at radius 3 is 3.21 bits per heavy atom. The average molecular weight is 195 g/mol. The number of methoxy groups -OCH3 is 1. The number of carbonyl (C=O) groups is 1. The van der Waals surface area contributed by atoms with E-state index < -0.39 is 5.97 Å². The van der Waals surface area contributed by atoms with E-state index in [0.29, 0.717) is 11.7 Å². The van der Waals surface area contributed by atoms with E-state index in [9.17, 15) is 4.79 Å². The van der Waals surface area contributed by atoms with Gasteiger partial charge in [0.2, 0.25) is 0 Å². The van der Waals surface area contributed by atoms with Crippen LogP contribution in [0.15, 0.2) is 6.07 Å². The summed E-state index contributed by atoms with van der Waals surface area (Å²) in [5, 5.41) is 10.1.